The van der Waals surface area contributed by atoms with Gasteiger partial charge in [-0.3, -0.25) is 14.3 Å². The van der Waals surface area contributed by atoms with Crippen LogP contribution >= 0.6 is 0 Å². The number of aryl methyl sites for hydroxylation is 1. The van der Waals surface area contributed by atoms with Crippen molar-refractivity contribution >= 4 is 23.5 Å². The van der Waals surface area contributed by atoms with Gasteiger partial charge in [-0.2, -0.15) is 5.10 Å². The molecule has 18 heavy (non-hydrogen) atoms. The van der Waals surface area contributed by atoms with Crippen molar-refractivity contribution in [3.8, 4) is 0 Å². The van der Waals surface area contributed by atoms with Crippen LogP contribution in [0.15, 0.2) is 0 Å². The lowest BCUT2D eigenvalue weighted by Gasteiger charge is -2.19. The van der Waals surface area contributed by atoms with Gasteiger partial charge in [0.25, 0.3) is 0 Å². The first-order valence-corrected chi connectivity index (χ1v) is 6.07. The Kier molecular flexibility index (Phi) is 3.11. The normalized spacial score (nSPS) is 18.5. The largest absolute Gasteiger partial charge is 0.310 e. The van der Waals surface area contributed by atoms with Gasteiger partial charge in [0.2, 0.25) is 11.8 Å². The molecule has 2 heterocycles. The number of fused-ring (bicyclic) bond motifs is 1. The zero-order chi connectivity index (χ0) is 13.4. The molecule has 0 aromatic carbocycles. The van der Waals surface area contributed by atoms with E-state index in [1.165, 1.54) is 0 Å². The molecule has 1 aliphatic heterocycles. The van der Waals surface area contributed by atoms with E-state index in [0.29, 0.717) is 18.1 Å². The van der Waals surface area contributed by atoms with Crippen LogP contribution in [0.5, 0.6) is 0 Å². The van der Waals surface area contributed by atoms with E-state index in [1.807, 2.05) is 20.8 Å². The number of carbonyl (C=O) groups is 2. The Balaban J connectivity index is 2.32. The second kappa shape index (κ2) is 4.44. The van der Waals surface area contributed by atoms with Gasteiger partial charge >= 0.3 is 0 Å². The summed E-state index contributed by atoms with van der Waals surface area (Å²) in [5, 5.41) is 9.87. The van der Waals surface area contributed by atoms with E-state index in [1.54, 1.807) is 11.7 Å². The minimum Gasteiger partial charge on any atom is -0.310 e. The fourth-order valence-electron chi connectivity index (χ4n) is 1.92. The highest BCUT2D eigenvalue weighted by Gasteiger charge is 2.29. The summed E-state index contributed by atoms with van der Waals surface area (Å²) in [5.74, 6) is 0.956. The third kappa shape index (κ3) is 2.10. The molecule has 2 rings (SSSR count). The van der Waals surface area contributed by atoms with Gasteiger partial charge in [-0.25, -0.2) is 0 Å². The van der Waals surface area contributed by atoms with Crippen molar-refractivity contribution in [2.24, 2.45) is 18.9 Å². The van der Waals surface area contributed by atoms with Gasteiger partial charge in [0.1, 0.15) is 5.82 Å². The van der Waals surface area contributed by atoms with Crippen LogP contribution in [0, 0.1) is 11.8 Å². The molecule has 0 bridgehead atoms. The molecule has 0 fully saturated rings. The van der Waals surface area contributed by atoms with E-state index < -0.39 is 0 Å². The second-order valence-electron chi connectivity index (χ2n) is 5.04. The maximum Gasteiger partial charge on any atom is 0.228 e. The van der Waals surface area contributed by atoms with Gasteiger partial charge in [-0.1, -0.05) is 20.8 Å². The maximum absolute atomic E-state index is 11.7. The van der Waals surface area contributed by atoms with Crippen LogP contribution in [-0.2, 0) is 23.1 Å². The van der Waals surface area contributed by atoms with Crippen LogP contribution in [0.3, 0.4) is 0 Å². The molecule has 1 aromatic heterocycles. The number of nitrogens with one attached hydrogen (secondary N) is 2. The average molecular weight is 250 g/mol. The fraction of sp³-hybridized carbons (Fsp3) is 0.583. The lowest BCUT2D eigenvalue weighted by atomic mass is 9.98. The predicted molar refractivity (Wildman–Crippen MR) is 68.2 cm³/mol. The van der Waals surface area contributed by atoms with Crippen LogP contribution < -0.4 is 10.6 Å². The molecule has 2 N–H and O–H groups in total. The topological polar surface area (TPSA) is 76.0 Å². The second-order valence-corrected chi connectivity index (χ2v) is 5.04. The first-order valence-electron chi connectivity index (χ1n) is 6.07. The fourth-order valence-corrected chi connectivity index (χ4v) is 1.92. The molecule has 0 radical (unpaired) electrons. The van der Waals surface area contributed by atoms with E-state index in [-0.39, 0.29) is 23.7 Å². The molecule has 0 saturated heterocycles. The third-order valence-electron chi connectivity index (χ3n) is 3.11. The van der Waals surface area contributed by atoms with Crippen molar-refractivity contribution in [1.29, 1.82) is 0 Å². The number of hydrogen-bond donors (Lipinski definition) is 2. The van der Waals surface area contributed by atoms with Crippen molar-refractivity contribution < 1.29 is 9.59 Å². The van der Waals surface area contributed by atoms with Crippen molar-refractivity contribution in [3.05, 3.63) is 5.56 Å². The number of nitrogens with zero attached hydrogens (tertiary/aromatic N) is 2. The highest BCUT2D eigenvalue weighted by Crippen LogP contribution is 2.31. The van der Waals surface area contributed by atoms with Crippen molar-refractivity contribution in [2.75, 3.05) is 10.6 Å². The SMILES string of the molecule is CC(C)C(=O)Nc1nn(C)c2c1CC(C)C(=O)N2. The van der Waals surface area contributed by atoms with E-state index in [0.717, 1.165) is 5.56 Å². The summed E-state index contributed by atoms with van der Waals surface area (Å²) in [5.41, 5.74) is 0.901. The van der Waals surface area contributed by atoms with Crippen LogP contribution in [0.2, 0.25) is 0 Å². The standard InChI is InChI=1S/C12H18N4O2/c1-6(2)11(17)13-9-8-5-7(3)12(18)14-10(8)16(4)15-9/h6-7H,5H2,1-4H3,(H,14,18)(H,13,15,17). The van der Waals surface area contributed by atoms with E-state index in [9.17, 15) is 9.59 Å². The first-order chi connectivity index (χ1) is 8.40. The molecule has 6 nitrogen and oxygen atoms in total. The highest BCUT2D eigenvalue weighted by atomic mass is 16.2. The Morgan fingerprint density at radius 3 is 2.83 bits per heavy atom. The molecule has 0 saturated carbocycles. The summed E-state index contributed by atoms with van der Waals surface area (Å²) in [6.45, 7) is 5.52. The number of aromatic nitrogens is 2. The van der Waals surface area contributed by atoms with Crippen LogP contribution in [0.4, 0.5) is 11.6 Å². The number of rotatable bonds is 2. The Hall–Kier alpha value is -1.85. The molecule has 1 atom stereocenters. The summed E-state index contributed by atoms with van der Waals surface area (Å²) in [4.78, 5) is 23.3. The summed E-state index contributed by atoms with van der Waals surface area (Å²) >= 11 is 0. The van der Waals surface area contributed by atoms with E-state index >= 15 is 0 Å². The van der Waals surface area contributed by atoms with Gasteiger partial charge in [-0.15, -0.1) is 0 Å². The summed E-state index contributed by atoms with van der Waals surface area (Å²) in [7, 11) is 1.75. The molecule has 1 unspecified atom stereocenters. The predicted octanol–water partition coefficient (Wildman–Crippen LogP) is 1.15. The van der Waals surface area contributed by atoms with E-state index in [2.05, 4.69) is 15.7 Å². The Morgan fingerprint density at radius 1 is 1.56 bits per heavy atom. The van der Waals surface area contributed by atoms with Crippen molar-refractivity contribution in [3.63, 3.8) is 0 Å². The number of hydrogen-bond acceptors (Lipinski definition) is 3. The number of anilines is 2. The van der Waals surface area contributed by atoms with Crippen LogP contribution in [0.1, 0.15) is 26.3 Å². The lowest BCUT2D eigenvalue weighted by Crippen LogP contribution is -2.29. The number of carbonyl (C=O) groups excluding carboxylic acids is 2. The zero-order valence-corrected chi connectivity index (χ0v) is 11.1. The van der Waals surface area contributed by atoms with Crippen molar-refractivity contribution in [2.45, 2.75) is 27.2 Å². The Labute approximate surface area is 106 Å². The minimum absolute atomic E-state index is 0.00719. The Bertz CT molecular complexity index is 504. The monoisotopic (exact) mass is 250 g/mol. The lowest BCUT2D eigenvalue weighted by molar-refractivity contribution is -0.120. The zero-order valence-electron chi connectivity index (χ0n) is 11.1. The molecule has 2 amide bonds. The number of amides is 2. The van der Waals surface area contributed by atoms with Gasteiger partial charge < -0.3 is 10.6 Å². The molecule has 0 aliphatic carbocycles. The smallest absolute Gasteiger partial charge is 0.228 e. The summed E-state index contributed by atoms with van der Waals surface area (Å²) < 4.78 is 1.59. The Morgan fingerprint density at radius 2 is 2.22 bits per heavy atom. The van der Waals surface area contributed by atoms with Gasteiger partial charge in [-0.05, 0) is 6.42 Å². The maximum atomic E-state index is 11.7. The highest BCUT2D eigenvalue weighted by molar-refractivity contribution is 5.98. The molecule has 1 aliphatic rings. The molecule has 6 heteroatoms. The summed E-state index contributed by atoms with van der Waals surface area (Å²) in [6, 6.07) is 0. The molecule has 0 spiro atoms. The third-order valence-corrected chi connectivity index (χ3v) is 3.11. The average Bonchev–Trinajstić information content (AvgIpc) is 2.57. The van der Waals surface area contributed by atoms with Gasteiger partial charge in [0, 0.05) is 24.4 Å². The molecular weight excluding hydrogens is 232 g/mol. The minimum atomic E-state index is -0.101. The van der Waals surface area contributed by atoms with Gasteiger partial charge in [0.15, 0.2) is 5.82 Å². The first kappa shape index (κ1) is 12.6. The quantitative estimate of drug-likeness (QED) is 0.826. The molecule has 98 valence electrons. The summed E-state index contributed by atoms with van der Waals surface area (Å²) in [6.07, 6.45) is 0.600. The molecule has 1 aromatic rings. The molecular formula is C12H18N4O2. The van der Waals surface area contributed by atoms with Crippen LogP contribution in [0.25, 0.3) is 0 Å². The van der Waals surface area contributed by atoms with Gasteiger partial charge in [0.05, 0.1) is 0 Å². The van der Waals surface area contributed by atoms with Crippen molar-refractivity contribution in [1.82, 2.24) is 9.78 Å². The van der Waals surface area contributed by atoms with Crippen LogP contribution in [-0.4, -0.2) is 21.6 Å². The van der Waals surface area contributed by atoms with E-state index in [4.69, 9.17) is 0 Å².